The Kier molecular flexibility index (Phi) is 3.13. The van der Waals surface area contributed by atoms with Crippen molar-refractivity contribution in [3.63, 3.8) is 0 Å². The minimum atomic E-state index is -0.886. The van der Waals surface area contributed by atoms with Crippen LogP contribution in [0.1, 0.15) is 30.4 Å². The van der Waals surface area contributed by atoms with E-state index in [9.17, 15) is 10.2 Å². The van der Waals surface area contributed by atoms with E-state index in [-0.39, 0.29) is 6.04 Å². The first-order valence-corrected chi connectivity index (χ1v) is 9.19. The predicted octanol–water partition coefficient (Wildman–Crippen LogP) is 1.40. The first kappa shape index (κ1) is 15.7. The number of aliphatic hydroxyl groups is 2. The maximum Gasteiger partial charge on any atom is 0.166 e. The summed E-state index contributed by atoms with van der Waals surface area (Å²) in [5, 5.41) is 22.7. The van der Waals surface area contributed by atoms with Gasteiger partial charge in [-0.05, 0) is 43.9 Å². The lowest BCUT2D eigenvalue weighted by Gasteiger charge is -2.63. The number of likely N-dealkylation sites (tertiary alicyclic amines) is 1. The molecule has 1 saturated heterocycles. The van der Waals surface area contributed by atoms with Gasteiger partial charge in [0.1, 0.15) is 6.10 Å². The minimum Gasteiger partial charge on any atom is -0.493 e. The van der Waals surface area contributed by atoms with Crippen molar-refractivity contribution in [2.75, 3.05) is 20.2 Å². The Bertz CT molecular complexity index is 749. The van der Waals surface area contributed by atoms with Gasteiger partial charge in [0.2, 0.25) is 0 Å². The maximum atomic E-state index is 12.0. The molecule has 4 aliphatic rings. The topological polar surface area (TPSA) is 62.2 Å². The summed E-state index contributed by atoms with van der Waals surface area (Å²) >= 11 is 0. The molecule has 1 aromatic carbocycles. The second kappa shape index (κ2) is 5.00. The molecule has 5 heteroatoms. The van der Waals surface area contributed by atoms with Gasteiger partial charge in [-0.25, -0.2) is 0 Å². The van der Waals surface area contributed by atoms with Crippen molar-refractivity contribution >= 4 is 0 Å². The van der Waals surface area contributed by atoms with Crippen molar-refractivity contribution in [2.24, 2.45) is 0 Å². The summed E-state index contributed by atoms with van der Waals surface area (Å²) in [4.78, 5) is 2.35. The van der Waals surface area contributed by atoms with E-state index < -0.39 is 23.2 Å². The molecule has 1 spiro atoms. The molecule has 1 aromatic rings. The molecule has 134 valence electrons. The van der Waals surface area contributed by atoms with Crippen LogP contribution in [-0.2, 0) is 11.8 Å². The van der Waals surface area contributed by atoms with E-state index in [0.29, 0.717) is 18.6 Å². The van der Waals surface area contributed by atoms with Crippen LogP contribution in [-0.4, -0.2) is 59.2 Å². The van der Waals surface area contributed by atoms with Crippen LogP contribution in [0.25, 0.3) is 0 Å². The molecular formula is C20H25NO4. The monoisotopic (exact) mass is 343 g/mol. The van der Waals surface area contributed by atoms with Gasteiger partial charge in [0.05, 0.1) is 24.2 Å². The van der Waals surface area contributed by atoms with E-state index in [1.54, 1.807) is 7.11 Å². The molecule has 2 unspecified atom stereocenters. The lowest BCUT2D eigenvalue weighted by Crippen LogP contribution is -2.77. The molecule has 2 N–H and O–H groups in total. The zero-order valence-corrected chi connectivity index (χ0v) is 14.6. The van der Waals surface area contributed by atoms with Crippen LogP contribution >= 0.6 is 0 Å². The third-order valence-corrected chi connectivity index (χ3v) is 7.11. The summed E-state index contributed by atoms with van der Waals surface area (Å²) in [6.07, 6.45) is 3.69. The van der Waals surface area contributed by atoms with Crippen molar-refractivity contribution in [1.29, 1.82) is 0 Å². The van der Waals surface area contributed by atoms with E-state index in [4.69, 9.17) is 9.47 Å². The average molecular weight is 343 g/mol. The van der Waals surface area contributed by atoms with Crippen molar-refractivity contribution in [1.82, 2.24) is 4.90 Å². The Balaban J connectivity index is 1.77. The predicted molar refractivity (Wildman–Crippen MR) is 93.2 cm³/mol. The Morgan fingerprint density at radius 3 is 3.04 bits per heavy atom. The smallest absolute Gasteiger partial charge is 0.166 e. The summed E-state index contributed by atoms with van der Waals surface area (Å²) in [7, 11) is 1.64. The van der Waals surface area contributed by atoms with Crippen LogP contribution in [0.3, 0.4) is 0 Å². The molecule has 1 saturated carbocycles. The largest absolute Gasteiger partial charge is 0.493 e. The molecule has 0 aromatic heterocycles. The molecule has 25 heavy (non-hydrogen) atoms. The van der Waals surface area contributed by atoms with Gasteiger partial charge >= 0.3 is 0 Å². The van der Waals surface area contributed by atoms with Gasteiger partial charge in [-0.2, -0.15) is 0 Å². The minimum absolute atomic E-state index is 0.0321. The van der Waals surface area contributed by atoms with Crippen LogP contribution in [0.15, 0.2) is 24.8 Å². The molecule has 5 rings (SSSR count). The number of ether oxygens (including phenoxy) is 2. The van der Waals surface area contributed by atoms with E-state index in [1.807, 2.05) is 12.1 Å². The highest BCUT2D eigenvalue weighted by Gasteiger charge is 2.72. The highest BCUT2D eigenvalue weighted by atomic mass is 16.5. The van der Waals surface area contributed by atoms with E-state index >= 15 is 0 Å². The van der Waals surface area contributed by atoms with Gasteiger partial charge in [-0.15, -0.1) is 6.58 Å². The zero-order chi connectivity index (χ0) is 17.4. The van der Waals surface area contributed by atoms with E-state index in [1.165, 1.54) is 5.56 Å². The standard InChI is InChI=1S/C20H25NO4/c1-3-9-21-10-8-19-16-12-4-5-14(24-2)17(16)25-18(19)13(22)6-7-20(19,23)15(21)11-12/h3-5,13,15,18,22-23H,1,6-11H2,2H3/t13-,15+,18?,19?,20+/m1/s1. The Morgan fingerprint density at radius 1 is 1.44 bits per heavy atom. The van der Waals surface area contributed by atoms with E-state index in [2.05, 4.69) is 17.5 Å². The van der Waals surface area contributed by atoms with Gasteiger partial charge in [0, 0.05) is 18.2 Å². The van der Waals surface area contributed by atoms with Crippen molar-refractivity contribution in [2.45, 2.75) is 54.9 Å². The quantitative estimate of drug-likeness (QED) is 0.813. The number of benzene rings is 1. The summed E-state index contributed by atoms with van der Waals surface area (Å²) in [5.41, 5.74) is 0.885. The van der Waals surface area contributed by atoms with Gasteiger partial charge in [0.25, 0.3) is 0 Å². The molecule has 0 radical (unpaired) electrons. The van der Waals surface area contributed by atoms with Gasteiger partial charge in [0.15, 0.2) is 11.5 Å². The molecule has 0 amide bonds. The fourth-order valence-corrected chi connectivity index (χ4v) is 6.14. The average Bonchev–Trinajstić information content (AvgIpc) is 2.96. The number of rotatable bonds is 3. The van der Waals surface area contributed by atoms with E-state index in [0.717, 1.165) is 37.2 Å². The van der Waals surface area contributed by atoms with Crippen molar-refractivity contribution in [3.8, 4) is 11.5 Å². The number of hydrogen-bond donors (Lipinski definition) is 2. The summed E-state index contributed by atoms with van der Waals surface area (Å²) < 4.78 is 11.8. The lowest BCUT2D eigenvalue weighted by molar-refractivity contribution is -0.206. The first-order chi connectivity index (χ1) is 12.1. The number of piperidine rings is 1. The summed E-state index contributed by atoms with van der Waals surface area (Å²) in [6, 6.07) is 4.09. The molecular weight excluding hydrogens is 318 g/mol. The SMILES string of the molecule is C=CCN1CCC23c4c5ccc(OC)c4OC2[C@H](O)CC[C@]3(O)[C@@H]1C5. The Morgan fingerprint density at radius 2 is 2.28 bits per heavy atom. The fourth-order valence-electron chi connectivity index (χ4n) is 6.14. The van der Waals surface area contributed by atoms with Crippen LogP contribution in [0.4, 0.5) is 0 Å². The number of methoxy groups -OCH3 is 1. The second-order valence-corrected chi connectivity index (χ2v) is 7.92. The van der Waals surface area contributed by atoms with Crippen molar-refractivity contribution < 1.29 is 19.7 Å². The highest BCUT2D eigenvalue weighted by Crippen LogP contribution is 2.65. The van der Waals surface area contributed by atoms with Crippen LogP contribution in [0.5, 0.6) is 11.5 Å². The lowest BCUT2D eigenvalue weighted by atomic mass is 9.48. The highest BCUT2D eigenvalue weighted by molar-refractivity contribution is 5.62. The summed E-state index contributed by atoms with van der Waals surface area (Å²) in [6.45, 7) is 5.54. The number of hydrogen-bond acceptors (Lipinski definition) is 5. The van der Waals surface area contributed by atoms with Crippen LogP contribution in [0, 0.1) is 0 Å². The second-order valence-electron chi connectivity index (χ2n) is 7.92. The van der Waals surface area contributed by atoms with Gasteiger partial charge in [-0.1, -0.05) is 12.1 Å². The van der Waals surface area contributed by atoms with Gasteiger partial charge < -0.3 is 19.7 Å². The fraction of sp³-hybridized carbons (Fsp3) is 0.600. The first-order valence-electron chi connectivity index (χ1n) is 9.19. The molecule has 5 atom stereocenters. The molecule has 2 fully saturated rings. The molecule has 2 aliphatic heterocycles. The normalized spacial score (nSPS) is 41.0. The Hall–Kier alpha value is -1.56. The number of aliphatic hydroxyl groups excluding tert-OH is 1. The summed E-state index contributed by atoms with van der Waals surface area (Å²) in [5.74, 6) is 1.43. The molecule has 2 aliphatic carbocycles. The van der Waals surface area contributed by atoms with Crippen molar-refractivity contribution in [3.05, 3.63) is 35.9 Å². The van der Waals surface area contributed by atoms with Crippen LogP contribution in [0.2, 0.25) is 0 Å². The molecule has 2 heterocycles. The zero-order valence-electron chi connectivity index (χ0n) is 14.6. The third kappa shape index (κ3) is 1.65. The van der Waals surface area contributed by atoms with Gasteiger partial charge in [-0.3, -0.25) is 4.90 Å². The maximum absolute atomic E-state index is 12.0. The molecule has 2 bridgehead atoms. The third-order valence-electron chi connectivity index (χ3n) is 7.11. The number of nitrogens with zero attached hydrogens (tertiary/aromatic N) is 1. The Labute approximate surface area is 147 Å². The van der Waals surface area contributed by atoms with Crippen LogP contribution < -0.4 is 9.47 Å². The molecule has 5 nitrogen and oxygen atoms in total.